The Kier molecular flexibility index (Phi) is 4.98. The highest BCUT2D eigenvalue weighted by Crippen LogP contribution is 2.26. The average molecular weight is 300 g/mol. The van der Waals surface area contributed by atoms with Crippen LogP contribution in [-0.4, -0.2) is 57.8 Å². The summed E-state index contributed by atoms with van der Waals surface area (Å²) in [5.41, 5.74) is 2.01. The van der Waals surface area contributed by atoms with Crippen molar-refractivity contribution in [3.05, 3.63) is 23.8 Å². The lowest BCUT2D eigenvalue weighted by atomic mass is 10.2. The molecular formula is C13H20N2O4S. The van der Waals surface area contributed by atoms with Gasteiger partial charge in [-0.25, -0.2) is 8.42 Å². The van der Waals surface area contributed by atoms with Crippen LogP contribution in [0.5, 0.6) is 0 Å². The molecule has 6 nitrogen and oxygen atoms in total. The van der Waals surface area contributed by atoms with Gasteiger partial charge in [0.1, 0.15) is 0 Å². The SMILES string of the molecule is COCCN(CCO)S(=O)(=O)c1ccc2c(c1)NCC2. The monoisotopic (exact) mass is 300 g/mol. The summed E-state index contributed by atoms with van der Waals surface area (Å²) in [7, 11) is -2.09. The van der Waals surface area contributed by atoms with E-state index >= 15 is 0 Å². The van der Waals surface area contributed by atoms with Crippen molar-refractivity contribution in [2.45, 2.75) is 11.3 Å². The maximum absolute atomic E-state index is 12.6. The first kappa shape index (κ1) is 15.2. The summed E-state index contributed by atoms with van der Waals surface area (Å²) >= 11 is 0. The number of aliphatic hydroxyl groups excluding tert-OH is 1. The summed E-state index contributed by atoms with van der Waals surface area (Å²) in [5, 5.41) is 12.2. The first-order valence-corrected chi connectivity index (χ1v) is 8.00. The van der Waals surface area contributed by atoms with Crippen molar-refractivity contribution in [3.63, 3.8) is 0 Å². The molecule has 0 radical (unpaired) electrons. The topological polar surface area (TPSA) is 78.9 Å². The molecule has 1 aliphatic heterocycles. The molecule has 112 valence electrons. The lowest BCUT2D eigenvalue weighted by Crippen LogP contribution is -2.36. The molecule has 0 saturated heterocycles. The molecule has 1 heterocycles. The highest BCUT2D eigenvalue weighted by Gasteiger charge is 2.25. The Morgan fingerprint density at radius 1 is 1.40 bits per heavy atom. The van der Waals surface area contributed by atoms with Crippen LogP contribution in [0, 0.1) is 0 Å². The van der Waals surface area contributed by atoms with E-state index in [0.29, 0.717) is 6.61 Å². The molecule has 0 aliphatic carbocycles. The van der Waals surface area contributed by atoms with E-state index in [9.17, 15) is 8.42 Å². The van der Waals surface area contributed by atoms with Crippen LogP contribution in [0.2, 0.25) is 0 Å². The minimum absolute atomic E-state index is 0.0657. The van der Waals surface area contributed by atoms with Gasteiger partial charge in [-0.1, -0.05) is 6.07 Å². The summed E-state index contributed by atoms with van der Waals surface area (Å²) in [6.07, 6.45) is 0.916. The summed E-state index contributed by atoms with van der Waals surface area (Å²) in [6.45, 7) is 1.21. The molecule has 0 fully saturated rings. The van der Waals surface area contributed by atoms with Gasteiger partial charge in [-0.05, 0) is 24.1 Å². The van der Waals surface area contributed by atoms with Crippen molar-refractivity contribution < 1.29 is 18.3 Å². The van der Waals surface area contributed by atoms with Crippen LogP contribution in [0.15, 0.2) is 23.1 Å². The molecule has 0 bridgehead atoms. The number of fused-ring (bicyclic) bond motifs is 1. The molecule has 0 atom stereocenters. The van der Waals surface area contributed by atoms with Crippen molar-refractivity contribution in [3.8, 4) is 0 Å². The zero-order valence-corrected chi connectivity index (χ0v) is 12.3. The van der Waals surface area contributed by atoms with Crippen molar-refractivity contribution in [1.82, 2.24) is 4.31 Å². The van der Waals surface area contributed by atoms with Crippen molar-refractivity contribution in [2.75, 3.05) is 45.3 Å². The quantitative estimate of drug-likeness (QED) is 0.756. The van der Waals surface area contributed by atoms with Gasteiger partial charge in [0, 0.05) is 32.4 Å². The predicted molar refractivity (Wildman–Crippen MR) is 76.4 cm³/mol. The van der Waals surface area contributed by atoms with Crippen molar-refractivity contribution in [1.29, 1.82) is 0 Å². The van der Waals surface area contributed by atoms with E-state index in [-0.39, 0.29) is 24.6 Å². The van der Waals surface area contributed by atoms with E-state index in [1.54, 1.807) is 12.1 Å². The Balaban J connectivity index is 2.27. The molecule has 7 heteroatoms. The van der Waals surface area contributed by atoms with Crippen LogP contribution in [0.1, 0.15) is 5.56 Å². The fourth-order valence-electron chi connectivity index (χ4n) is 2.24. The number of ether oxygens (including phenoxy) is 1. The second-order valence-corrected chi connectivity index (χ2v) is 6.55. The van der Waals surface area contributed by atoms with E-state index in [1.165, 1.54) is 11.4 Å². The number of rotatable bonds is 7. The van der Waals surface area contributed by atoms with Gasteiger partial charge in [-0.15, -0.1) is 0 Å². The Morgan fingerprint density at radius 2 is 2.20 bits per heavy atom. The lowest BCUT2D eigenvalue weighted by Gasteiger charge is -2.21. The molecule has 0 aromatic heterocycles. The summed E-state index contributed by atoms with van der Waals surface area (Å²) < 4.78 is 31.3. The van der Waals surface area contributed by atoms with Gasteiger partial charge in [-0.3, -0.25) is 0 Å². The Bertz CT molecular complexity index is 559. The minimum Gasteiger partial charge on any atom is -0.395 e. The number of nitrogens with zero attached hydrogens (tertiary/aromatic N) is 1. The van der Waals surface area contributed by atoms with Crippen molar-refractivity contribution >= 4 is 15.7 Å². The molecular weight excluding hydrogens is 280 g/mol. The molecule has 0 spiro atoms. The first-order chi connectivity index (χ1) is 9.59. The van der Waals surface area contributed by atoms with Gasteiger partial charge in [0.25, 0.3) is 0 Å². The van der Waals surface area contributed by atoms with Gasteiger partial charge in [0.05, 0.1) is 18.1 Å². The molecule has 2 rings (SSSR count). The largest absolute Gasteiger partial charge is 0.395 e. The van der Waals surface area contributed by atoms with E-state index in [2.05, 4.69) is 5.32 Å². The molecule has 0 unspecified atom stereocenters. The van der Waals surface area contributed by atoms with Gasteiger partial charge >= 0.3 is 0 Å². The van der Waals surface area contributed by atoms with Gasteiger partial charge in [0.15, 0.2) is 0 Å². The molecule has 20 heavy (non-hydrogen) atoms. The third-order valence-electron chi connectivity index (χ3n) is 3.32. The van der Waals surface area contributed by atoms with Crippen LogP contribution < -0.4 is 5.32 Å². The summed E-state index contributed by atoms with van der Waals surface area (Å²) in [6, 6.07) is 5.13. The number of aliphatic hydroxyl groups is 1. The minimum atomic E-state index is -3.60. The maximum Gasteiger partial charge on any atom is 0.243 e. The summed E-state index contributed by atoms with van der Waals surface area (Å²) in [4.78, 5) is 0.246. The van der Waals surface area contributed by atoms with E-state index in [4.69, 9.17) is 9.84 Å². The molecule has 1 aromatic rings. The number of hydrogen-bond acceptors (Lipinski definition) is 5. The van der Waals surface area contributed by atoms with E-state index in [1.807, 2.05) is 6.07 Å². The van der Waals surface area contributed by atoms with E-state index in [0.717, 1.165) is 24.2 Å². The lowest BCUT2D eigenvalue weighted by molar-refractivity contribution is 0.168. The van der Waals surface area contributed by atoms with Gasteiger partial charge < -0.3 is 15.2 Å². The zero-order chi connectivity index (χ0) is 14.6. The molecule has 1 aromatic carbocycles. The van der Waals surface area contributed by atoms with Crippen LogP contribution in [0.3, 0.4) is 0 Å². The average Bonchev–Trinajstić information content (AvgIpc) is 2.90. The number of hydrogen-bond donors (Lipinski definition) is 2. The number of nitrogens with one attached hydrogen (secondary N) is 1. The second-order valence-electron chi connectivity index (χ2n) is 4.62. The highest BCUT2D eigenvalue weighted by atomic mass is 32.2. The van der Waals surface area contributed by atoms with Crippen LogP contribution in [0.25, 0.3) is 0 Å². The van der Waals surface area contributed by atoms with Crippen LogP contribution in [-0.2, 0) is 21.2 Å². The highest BCUT2D eigenvalue weighted by molar-refractivity contribution is 7.89. The fraction of sp³-hybridized carbons (Fsp3) is 0.538. The van der Waals surface area contributed by atoms with Crippen LogP contribution in [0.4, 0.5) is 5.69 Å². The number of sulfonamides is 1. The summed E-state index contributed by atoms with van der Waals surface area (Å²) in [5.74, 6) is 0. The zero-order valence-electron chi connectivity index (χ0n) is 11.5. The molecule has 2 N–H and O–H groups in total. The second kappa shape index (κ2) is 6.53. The molecule has 0 saturated carbocycles. The fourth-order valence-corrected chi connectivity index (χ4v) is 3.68. The molecule has 0 amide bonds. The van der Waals surface area contributed by atoms with Gasteiger partial charge in [-0.2, -0.15) is 4.31 Å². The maximum atomic E-state index is 12.6. The standard InChI is InChI=1S/C13H20N2O4S/c1-19-9-7-15(6-8-16)20(17,18)12-3-2-11-4-5-14-13(11)10-12/h2-3,10,14,16H,4-9H2,1H3. The van der Waals surface area contributed by atoms with Gasteiger partial charge in [0.2, 0.25) is 10.0 Å². The first-order valence-electron chi connectivity index (χ1n) is 6.56. The smallest absolute Gasteiger partial charge is 0.243 e. The number of methoxy groups -OCH3 is 1. The van der Waals surface area contributed by atoms with E-state index < -0.39 is 10.0 Å². The van der Waals surface area contributed by atoms with Crippen LogP contribution >= 0.6 is 0 Å². The van der Waals surface area contributed by atoms with Crippen molar-refractivity contribution in [2.24, 2.45) is 0 Å². The number of benzene rings is 1. The Labute approximate surface area is 119 Å². The third-order valence-corrected chi connectivity index (χ3v) is 5.22. The Morgan fingerprint density at radius 3 is 2.90 bits per heavy atom. The number of anilines is 1. The third kappa shape index (κ3) is 3.12. The Hall–Kier alpha value is -1.15. The predicted octanol–water partition coefficient (Wildman–Crippen LogP) is 0.284. The normalized spacial score (nSPS) is 14.3. The molecule has 1 aliphatic rings.